The first-order valence-electron chi connectivity index (χ1n) is 4.73. The lowest BCUT2D eigenvalue weighted by Gasteiger charge is -2.33. The topological polar surface area (TPSA) is 66.9 Å². The molecule has 0 unspecified atom stereocenters. The summed E-state index contributed by atoms with van der Waals surface area (Å²) in [7, 11) is 0. The molecule has 1 aliphatic rings. The Labute approximate surface area is 87.8 Å². The normalized spacial score (nSPS) is 16.1. The molecule has 0 aromatic heterocycles. The van der Waals surface area contributed by atoms with Crippen molar-refractivity contribution in [3.8, 4) is 0 Å². The van der Waals surface area contributed by atoms with Gasteiger partial charge in [-0.1, -0.05) is 0 Å². The monoisotopic (exact) mass is 214 g/mol. The Morgan fingerprint density at radius 1 is 1.20 bits per heavy atom. The zero-order chi connectivity index (χ0) is 11.3. The van der Waals surface area contributed by atoms with Crippen LogP contribution in [0.25, 0.3) is 0 Å². The van der Waals surface area contributed by atoms with Crippen molar-refractivity contribution in [2.24, 2.45) is 0 Å². The smallest absolute Gasteiger partial charge is 0.293 e. The van der Waals surface area contributed by atoms with Crippen LogP contribution in [-0.2, 0) is 19.1 Å². The lowest BCUT2D eigenvalue weighted by atomic mass is 10.3. The minimum atomic E-state index is -0.219. The molecule has 0 aromatic carbocycles. The fraction of sp³-hybridized carbons (Fsp3) is 0.667. The van der Waals surface area contributed by atoms with E-state index < -0.39 is 0 Å². The summed E-state index contributed by atoms with van der Waals surface area (Å²) in [4.78, 5) is 35.5. The lowest BCUT2D eigenvalue weighted by Crippen LogP contribution is -2.50. The van der Waals surface area contributed by atoms with Crippen LogP contribution in [0.4, 0.5) is 0 Å². The fourth-order valence-corrected chi connectivity index (χ4v) is 1.47. The van der Waals surface area contributed by atoms with Crippen LogP contribution in [0.5, 0.6) is 0 Å². The Morgan fingerprint density at radius 2 is 1.73 bits per heavy atom. The van der Waals surface area contributed by atoms with Crippen molar-refractivity contribution in [3.05, 3.63) is 0 Å². The number of carbonyl (C=O) groups excluding carboxylic acids is 3. The molecule has 6 heteroatoms. The largest absolute Gasteiger partial charge is 0.458 e. The molecule has 0 saturated carbocycles. The van der Waals surface area contributed by atoms with Gasteiger partial charge in [-0.2, -0.15) is 0 Å². The van der Waals surface area contributed by atoms with Crippen LogP contribution in [-0.4, -0.2) is 60.9 Å². The van der Waals surface area contributed by atoms with Crippen molar-refractivity contribution in [3.63, 3.8) is 0 Å². The summed E-state index contributed by atoms with van der Waals surface area (Å²) in [5.74, 6) is -0.198. The van der Waals surface area contributed by atoms with Crippen LogP contribution < -0.4 is 0 Å². The quantitative estimate of drug-likeness (QED) is 0.556. The summed E-state index contributed by atoms with van der Waals surface area (Å²) in [5, 5.41) is 0. The third kappa shape index (κ3) is 3.23. The summed E-state index contributed by atoms with van der Waals surface area (Å²) in [6.07, 6.45) is 0. The highest BCUT2D eigenvalue weighted by atomic mass is 16.5. The summed E-state index contributed by atoms with van der Waals surface area (Å²) in [6.45, 7) is 3.63. The highest BCUT2D eigenvalue weighted by molar-refractivity contribution is 5.79. The van der Waals surface area contributed by atoms with Gasteiger partial charge in [0.2, 0.25) is 5.91 Å². The molecule has 0 radical (unpaired) electrons. The molecule has 0 atom stereocenters. The number of nitrogens with zero attached hydrogens (tertiary/aromatic N) is 2. The Balaban J connectivity index is 2.33. The van der Waals surface area contributed by atoms with Gasteiger partial charge in [-0.05, 0) is 0 Å². The summed E-state index contributed by atoms with van der Waals surface area (Å²) >= 11 is 0. The molecule has 0 aromatic rings. The molecule has 0 spiro atoms. The first-order valence-corrected chi connectivity index (χ1v) is 4.73. The summed E-state index contributed by atoms with van der Waals surface area (Å²) in [6, 6.07) is 0. The highest BCUT2D eigenvalue weighted by Crippen LogP contribution is 2.02. The molecule has 0 N–H and O–H groups in total. The van der Waals surface area contributed by atoms with Gasteiger partial charge in [0.1, 0.15) is 0 Å². The predicted molar refractivity (Wildman–Crippen MR) is 50.9 cm³/mol. The maximum absolute atomic E-state index is 11.4. The zero-order valence-corrected chi connectivity index (χ0v) is 8.64. The molecule has 0 bridgehead atoms. The first-order chi connectivity index (χ1) is 7.15. The van der Waals surface area contributed by atoms with E-state index in [1.54, 1.807) is 9.80 Å². The third-order valence-electron chi connectivity index (χ3n) is 2.35. The number of ether oxygens (including phenoxy) is 1. The van der Waals surface area contributed by atoms with Gasteiger partial charge >= 0.3 is 0 Å². The Morgan fingerprint density at radius 3 is 2.20 bits per heavy atom. The average molecular weight is 214 g/mol. The van der Waals surface area contributed by atoms with Gasteiger partial charge in [-0.3, -0.25) is 14.4 Å². The Kier molecular flexibility index (Phi) is 4.08. The molecular weight excluding hydrogens is 200 g/mol. The van der Waals surface area contributed by atoms with Crippen molar-refractivity contribution in [2.75, 3.05) is 32.8 Å². The Bertz CT molecular complexity index is 259. The summed E-state index contributed by atoms with van der Waals surface area (Å²) in [5.41, 5.74) is 0. The maximum Gasteiger partial charge on any atom is 0.293 e. The molecule has 6 nitrogen and oxygen atoms in total. The van der Waals surface area contributed by atoms with Gasteiger partial charge in [0, 0.05) is 33.1 Å². The molecule has 1 aliphatic heterocycles. The molecular formula is C9H14N2O4. The molecule has 15 heavy (non-hydrogen) atoms. The van der Waals surface area contributed by atoms with Crippen LogP contribution in [0.2, 0.25) is 0 Å². The second kappa shape index (κ2) is 5.33. The van der Waals surface area contributed by atoms with E-state index in [4.69, 9.17) is 0 Å². The van der Waals surface area contributed by atoms with Gasteiger partial charge in [0.25, 0.3) is 12.4 Å². The van der Waals surface area contributed by atoms with E-state index in [0.717, 1.165) is 0 Å². The second-order valence-corrected chi connectivity index (χ2v) is 3.29. The lowest BCUT2D eigenvalue weighted by molar-refractivity contribution is -0.146. The first kappa shape index (κ1) is 11.5. The van der Waals surface area contributed by atoms with Crippen LogP contribution in [0.3, 0.4) is 0 Å². The van der Waals surface area contributed by atoms with Crippen LogP contribution in [0, 0.1) is 0 Å². The second-order valence-electron chi connectivity index (χ2n) is 3.29. The fourth-order valence-electron chi connectivity index (χ4n) is 1.47. The molecule has 1 rings (SSSR count). The van der Waals surface area contributed by atoms with Crippen molar-refractivity contribution in [2.45, 2.75) is 6.92 Å². The van der Waals surface area contributed by atoms with E-state index in [1.807, 2.05) is 0 Å². The number of hydrogen-bond acceptors (Lipinski definition) is 4. The van der Waals surface area contributed by atoms with Gasteiger partial charge in [-0.25, -0.2) is 0 Å². The van der Waals surface area contributed by atoms with E-state index >= 15 is 0 Å². The third-order valence-corrected chi connectivity index (χ3v) is 2.35. The number of rotatable bonds is 3. The van der Waals surface area contributed by atoms with Crippen LogP contribution in [0.1, 0.15) is 6.92 Å². The van der Waals surface area contributed by atoms with Crippen LogP contribution in [0.15, 0.2) is 0 Å². The Hall–Kier alpha value is -1.59. The van der Waals surface area contributed by atoms with Crippen molar-refractivity contribution in [1.82, 2.24) is 9.80 Å². The van der Waals surface area contributed by atoms with Crippen LogP contribution >= 0.6 is 0 Å². The maximum atomic E-state index is 11.4. The highest BCUT2D eigenvalue weighted by Gasteiger charge is 2.22. The molecule has 84 valence electrons. The van der Waals surface area contributed by atoms with Crippen molar-refractivity contribution < 1.29 is 19.1 Å². The molecule has 1 saturated heterocycles. The van der Waals surface area contributed by atoms with E-state index in [2.05, 4.69) is 4.74 Å². The number of piperazine rings is 1. The van der Waals surface area contributed by atoms with E-state index in [-0.39, 0.29) is 24.9 Å². The minimum Gasteiger partial charge on any atom is -0.458 e. The summed E-state index contributed by atoms with van der Waals surface area (Å²) < 4.78 is 4.37. The van der Waals surface area contributed by atoms with Gasteiger partial charge in [0.15, 0.2) is 6.61 Å². The molecule has 0 aliphatic carbocycles. The van der Waals surface area contributed by atoms with Gasteiger partial charge in [0.05, 0.1) is 0 Å². The minimum absolute atomic E-state index is 0.0197. The predicted octanol–water partition coefficient (Wildman–Crippen LogP) is -1.15. The van der Waals surface area contributed by atoms with Crippen molar-refractivity contribution in [1.29, 1.82) is 0 Å². The zero-order valence-electron chi connectivity index (χ0n) is 8.64. The molecule has 1 fully saturated rings. The van der Waals surface area contributed by atoms with E-state index in [1.165, 1.54) is 6.92 Å². The van der Waals surface area contributed by atoms with Crippen molar-refractivity contribution >= 4 is 18.3 Å². The van der Waals surface area contributed by atoms with Gasteiger partial charge < -0.3 is 14.5 Å². The van der Waals surface area contributed by atoms with E-state index in [9.17, 15) is 14.4 Å². The number of hydrogen-bond donors (Lipinski definition) is 0. The molecule has 1 heterocycles. The molecule has 2 amide bonds. The average Bonchev–Trinajstić information content (AvgIpc) is 2.26. The van der Waals surface area contributed by atoms with Gasteiger partial charge in [-0.15, -0.1) is 0 Å². The number of carbonyl (C=O) groups is 3. The number of amides is 2. The van der Waals surface area contributed by atoms with E-state index in [0.29, 0.717) is 26.2 Å². The SMILES string of the molecule is CC(=O)N1CCN(C(=O)COC=O)CC1. The standard InChI is InChI=1S/C9H14N2O4/c1-8(13)10-2-4-11(5-3-10)9(14)6-15-7-12/h7H,2-6H2,1H3.